The van der Waals surface area contributed by atoms with Gasteiger partial charge in [0.2, 0.25) is 0 Å². The summed E-state index contributed by atoms with van der Waals surface area (Å²) in [5.74, 6) is 1.60. The van der Waals surface area contributed by atoms with Crippen LogP contribution in [0.15, 0.2) is 42.5 Å². The molecule has 2 aromatic rings. The Kier molecular flexibility index (Phi) is 7.75. The summed E-state index contributed by atoms with van der Waals surface area (Å²) in [7, 11) is 1.56. The summed E-state index contributed by atoms with van der Waals surface area (Å²) in [6.45, 7) is 7.21. The van der Waals surface area contributed by atoms with Gasteiger partial charge in [0, 0.05) is 50.9 Å². The third kappa shape index (κ3) is 5.63. The minimum atomic E-state index is 0.159. The fourth-order valence-corrected chi connectivity index (χ4v) is 3.96. The minimum Gasteiger partial charge on any atom is -0.504 e. The summed E-state index contributed by atoms with van der Waals surface area (Å²) in [6, 6.07) is 14.0. The Balaban J connectivity index is 1.66. The Hall–Kier alpha value is -2.28. The van der Waals surface area contributed by atoms with Crippen LogP contribution in [0.25, 0.3) is 0 Å². The lowest BCUT2D eigenvalue weighted by atomic mass is 10.1. The molecule has 0 aromatic heterocycles. The molecular weight excluding hydrogens is 368 g/mol. The second kappa shape index (κ2) is 10.5. The molecule has 0 saturated carbocycles. The van der Waals surface area contributed by atoms with Crippen molar-refractivity contribution in [1.82, 2.24) is 9.80 Å². The molecule has 6 nitrogen and oxygen atoms in total. The number of aromatic hydroxyl groups is 1. The zero-order valence-electron chi connectivity index (χ0n) is 17.4. The van der Waals surface area contributed by atoms with Gasteiger partial charge in [0.15, 0.2) is 11.5 Å². The van der Waals surface area contributed by atoms with E-state index >= 15 is 0 Å². The highest BCUT2D eigenvalue weighted by Gasteiger charge is 2.27. The van der Waals surface area contributed by atoms with E-state index in [2.05, 4.69) is 15.9 Å². The van der Waals surface area contributed by atoms with Crippen LogP contribution in [0.4, 0.5) is 0 Å². The second-order valence-electron chi connectivity index (χ2n) is 7.42. The summed E-state index contributed by atoms with van der Waals surface area (Å²) in [5.41, 5.74) is 2.30. The molecule has 0 amide bonds. The molecule has 158 valence electrons. The molecule has 0 unspecified atom stereocenters. The van der Waals surface area contributed by atoms with Crippen molar-refractivity contribution >= 4 is 0 Å². The summed E-state index contributed by atoms with van der Waals surface area (Å²) in [6.07, 6.45) is 0.742. The molecular formula is C23H32N2O4. The average Bonchev–Trinajstić information content (AvgIpc) is 2.73. The molecule has 29 heavy (non-hydrogen) atoms. The molecule has 1 heterocycles. The molecule has 1 aliphatic rings. The zero-order chi connectivity index (χ0) is 20.6. The number of hydrogen-bond acceptors (Lipinski definition) is 6. The topological polar surface area (TPSA) is 65.4 Å². The molecule has 0 bridgehead atoms. The Morgan fingerprint density at radius 2 is 1.90 bits per heavy atom. The van der Waals surface area contributed by atoms with Crippen LogP contribution < -0.4 is 9.47 Å². The van der Waals surface area contributed by atoms with E-state index < -0.39 is 0 Å². The maximum atomic E-state index is 9.81. The first-order valence-electron chi connectivity index (χ1n) is 10.3. The molecule has 0 spiro atoms. The molecule has 3 rings (SSSR count). The number of para-hydroxylation sites is 1. The van der Waals surface area contributed by atoms with Crippen molar-refractivity contribution in [2.45, 2.75) is 32.5 Å². The van der Waals surface area contributed by atoms with E-state index in [0.717, 1.165) is 50.5 Å². The van der Waals surface area contributed by atoms with Crippen LogP contribution in [0.3, 0.4) is 0 Å². The Morgan fingerprint density at radius 3 is 2.66 bits per heavy atom. The molecule has 1 saturated heterocycles. The van der Waals surface area contributed by atoms with E-state index in [1.807, 2.05) is 37.3 Å². The minimum absolute atomic E-state index is 0.159. The van der Waals surface area contributed by atoms with Gasteiger partial charge in [-0.15, -0.1) is 0 Å². The van der Waals surface area contributed by atoms with Crippen molar-refractivity contribution in [3.8, 4) is 17.2 Å². The molecule has 1 atom stereocenters. The first-order chi connectivity index (χ1) is 14.1. The summed E-state index contributed by atoms with van der Waals surface area (Å²) < 4.78 is 11.0. The van der Waals surface area contributed by atoms with Crippen LogP contribution in [0.2, 0.25) is 0 Å². The standard InChI is InChI=1S/C23H32N2O4/c1-3-29-22-7-5-4-6-19(22)16-25-12-11-24(17-20(25)10-13-26)15-18-8-9-21(27)23(14-18)28-2/h4-9,14,20,26-27H,3,10-13,15-17H2,1-2H3/t20-/m0/s1. The fourth-order valence-electron chi connectivity index (χ4n) is 3.96. The van der Waals surface area contributed by atoms with Crippen molar-refractivity contribution in [1.29, 1.82) is 0 Å². The van der Waals surface area contributed by atoms with Crippen molar-refractivity contribution in [3.63, 3.8) is 0 Å². The average molecular weight is 401 g/mol. The van der Waals surface area contributed by atoms with Gasteiger partial charge in [-0.25, -0.2) is 0 Å². The highest BCUT2D eigenvalue weighted by molar-refractivity contribution is 5.41. The van der Waals surface area contributed by atoms with Crippen molar-refractivity contribution in [3.05, 3.63) is 53.6 Å². The highest BCUT2D eigenvalue weighted by Crippen LogP contribution is 2.28. The van der Waals surface area contributed by atoms with Crippen molar-refractivity contribution in [2.75, 3.05) is 40.0 Å². The molecule has 2 aromatic carbocycles. The lowest BCUT2D eigenvalue weighted by Crippen LogP contribution is -2.52. The molecule has 0 radical (unpaired) electrons. The summed E-state index contributed by atoms with van der Waals surface area (Å²) in [4.78, 5) is 4.85. The van der Waals surface area contributed by atoms with Gasteiger partial charge in [-0.1, -0.05) is 24.3 Å². The fraction of sp³-hybridized carbons (Fsp3) is 0.478. The molecule has 1 aliphatic heterocycles. The van der Waals surface area contributed by atoms with E-state index in [1.54, 1.807) is 13.2 Å². The third-order valence-corrected chi connectivity index (χ3v) is 5.45. The Labute approximate surface area is 173 Å². The zero-order valence-corrected chi connectivity index (χ0v) is 17.4. The number of nitrogens with zero attached hydrogens (tertiary/aromatic N) is 2. The highest BCUT2D eigenvalue weighted by atomic mass is 16.5. The maximum absolute atomic E-state index is 9.81. The largest absolute Gasteiger partial charge is 0.504 e. The van der Waals surface area contributed by atoms with E-state index in [0.29, 0.717) is 12.4 Å². The lowest BCUT2D eigenvalue weighted by Gasteiger charge is -2.41. The number of benzene rings is 2. The number of phenolic OH excluding ortho intramolecular Hbond substituents is 1. The van der Waals surface area contributed by atoms with Crippen LogP contribution in [0.5, 0.6) is 17.2 Å². The predicted octanol–water partition coefficient (Wildman–Crippen LogP) is 2.87. The molecule has 0 aliphatic carbocycles. The van der Waals surface area contributed by atoms with Crippen LogP contribution in [0, 0.1) is 0 Å². The first kappa shape index (κ1) is 21.4. The molecule has 1 fully saturated rings. The van der Waals surface area contributed by atoms with Gasteiger partial charge < -0.3 is 19.7 Å². The summed E-state index contributed by atoms with van der Waals surface area (Å²) >= 11 is 0. The number of piperazine rings is 1. The van der Waals surface area contributed by atoms with Gasteiger partial charge in [0.05, 0.1) is 13.7 Å². The third-order valence-electron chi connectivity index (χ3n) is 5.45. The second-order valence-corrected chi connectivity index (χ2v) is 7.42. The van der Waals surface area contributed by atoms with E-state index in [-0.39, 0.29) is 18.4 Å². The van der Waals surface area contributed by atoms with E-state index in [9.17, 15) is 10.2 Å². The van der Waals surface area contributed by atoms with Crippen LogP contribution in [0.1, 0.15) is 24.5 Å². The number of aliphatic hydroxyl groups is 1. The van der Waals surface area contributed by atoms with Gasteiger partial charge in [-0.05, 0) is 37.1 Å². The first-order valence-corrected chi connectivity index (χ1v) is 10.3. The molecule has 2 N–H and O–H groups in total. The van der Waals surface area contributed by atoms with E-state index in [1.165, 1.54) is 5.56 Å². The van der Waals surface area contributed by atoms with Crippen LogP contribution in [-0.2, 0) is 13.1 Å². The predicted molar refractivity (Wildman–Crippen MR) is 113 cm³/mol. The number of ether oxygens (including phenoxy) is 2. The number of hydrogen-bond donors (Lipinski definition) is 2. The number of methoxy groups -OCH3 is 1. The van der Waals surface area contributed by atoms with Gasteiger partial charge >= 0.3 is 0 Å². The van der Waals surface area contributed by atoms with Gasteiger partial charge in [-0.3, -0.25) is 9.80 Å². The quantitative estimate of drug-likeness (QED) is 0.675. The SMILES string of the molecule is CCOc1ccccc1CN1CCN(Cc2ccc(O)c(OC)c2)C[C@@H]1CCO. The smallest absolute Gasteiger partial charge is 0.160 e. The normalized spacial score (nSPS) is 18.0. The monoisotopic (exact) mass is 400 g/mol. The van der Waals surface area contributed by atoms with Gasteiger partial charge in [-0.2, -0.15) is 0 Å². The molecule has 6 heteroatoms. The Bertz CT molecular complexity index is 783. The van der Waals surface area contributed by atoms with E-state index in [4.69, 9.17) is 9.47 Å². The van der Waals surface area contributed by atoms with Crippen LogP contribution in [-0.4, -0.2) is 66.0 Å². The van der Waals surface area contributed by atoms with Crippen LogP contribution >= 0.6 is 0 Å². The van der Waals surface area contributed by atoms with Crippen molar-refractivity contribution in [2.24, 2.45) is 0 Å². The number of phenols is 1. The number of aliphatic hydroxyl groups excluding tert-OH is 1. The van der Waals surface area contributed by atoms with Crippen molar-refractivity contribution < 1.29 is 19.7 Å². The lowest BCUT2D eigenvalue weighted by molar-refractivity contribution is 0.0494. The Morgan fingerprint density at radius 1 is 1.07 bits per heavy atom. The van der Waals surface area contributed by atoms with Gasteiger partial charge in [0.25, 0.3) is 0 Å². The van der Waals surface area contributed by atoms with Gasteiger partial charge in [0.1, 0.15) is 5.75 Å². The number of rotatable bonds is 9. The maximum Gasteiger partial charge on any atom is 0.160 e. The summed E-state index contributed by atoms with van der Waals surface area (Å²) in [5, 5.41) is 19.4.